The number of halogens is 1. The summed E-state index contributed by atoms with van der Waals surface area (Å²) in [6.45, 7) is 5.25. The fourth-order valence-corrected chi connectivity index (χ4v) is 3.00. The number of hydrogen-bond donors (Lipinski definition) is 2. The number of rotatable bonds is 4. The zero-order chi connectivity index (χ0) is 14.4. The predicted molar refractivity (Wildman–Crippen MR) is 84.6 cm³/mol. The van der Waals surface area contributed by atoms with Crippen LogP contribution in [0.4, 0.5) is 4.79 Å². The zero-order valence-electron chi connectivity index (χ0n) is 11.6. The minimum Gasteiger partial charge on any atom is -0.337 e. The van der Waals surface area contributed by atoms with Gasteiger partial charge in [0.15, 0.2) is 0 Å². The molecule has 2 rings (SSSR count). The van der Waals surface area contributed by atoms with Gasteiger partial charge in [-0.1, -0.05) is 11.6 Å². The van der Waals surface area contributed by atoms with Crippen LogP contribution in [0, 0.1) is 0 Å². The maximum Gasteiger partial charge on any atom is 0.317 e. The second kappa shape index (κ2) is 7.76. The van der Waals surface area contributed by atoms with Crippen molar-refractivity contribution >= 4 is 29.4 Å². The third-order valence-corrected chi connectivity index (χ3v) is 4.49. The molecular formula is C14H20ClN3OS. The number of nitrogens with zero attached hydrogens (tertiary/aromatic N) is 1. The maximum atomic E-state index is 12.0. The van der Waals surface area contributed by atoms with Crippen molar-refractivity contribution in [2.24, 2.45) is 0 Å². The van der Waals surface area contributed by atoms with E-state index in [1.807, 2.05) is 29.2 Å². The molecule has 0 saturated carbocycles. The van der Waals surface area contributed by atoms with E-state index in [1.165, 1.54) is 4.90 Å². The van der Waals surface area contributed by atoms with Crippen molar-refractivity contribution in [1.82, 2.24) is 15.5 Å². The van der Waals surface area contributed by atoms with Crippen molar-refractivity contribution in [1.29, 1.82) is 0 Å². The number of thioether (sulfide) groups is 1. The Labute approximate surface area is 129 Å². The van der Waals surface area contributed by atoms with E-state index in [0.717, 1.165) is 30.4 Å². The highest BCUT2D eigenvalue weighted by Crippen LogP contribution is 2.19. The first kappa shape index (κ1) is 15.5. The number of benzene rings is 1. The Balaban J connectivity index is 1.67. The highest BCUT2D eigenvalue weighted by Gasteiger charge is 2.22. The Hall–Kier alpha value is -0.910. The first-order valence-corrected chi connectivity index (χ1v) is 8.17. The number of piperazine rings is 1. The molecule has 2 amide bonds. The summed E-state index contributed by atoms with van der Waals surface area (Å²) in [7, 11) is 0. The van der Waals surface area contributed by atoms with E-state index in [-0.39, 0.29) is 12.1 Å². The van der Waals surface area contributed by atoms with Crippen molar-refractivity contribution in [2.45, 2.75) is 17.9 Å². The van der Waals surface area contributed by atoms with Crippen LogP contribution in [0.5, 0.6) is 0 Å². The van der Waals surface area contributed by atoms with Crippen molar-refractivity contribution in [3.63, 3.8) is 0 Å². The number of nitrogens with one attached hydrogen (secondary N) is 2. The Morgan fingerprint density at radius 2 is 2.25 bits per heavy atom. The summed E-state index contributed by atoms with van der Waals surface area (Å²) < 4.78 is 0. The second-order valence-corrected chi connectivity index (χ2v) is 6.39. The lowest BCUT2D eigenvalue weighted by Gasteiger charge is -2.33. The minimum absolute atomic E-state index is 0.0377. The van der Waals surface area contributed by atoms with Crippen molar-refractivity contribution in [2.75, 3.05) is 31.9 Å². The van der Waals surface area contributed by atoms with E-state index < -0.39 is 0 Å². The standard InChI is InChI=1S/C14H20ClN3OS/c1-11-10-16-6-8-18(11)14(19)17-7-9-20-13-4-2-12(15)3-5-13/h2-5,11,16H,6-10H2,1H3,(H,17,19)/t11-/m1/s1. The topological polar surface area (TPSA) is 44.4 Å². The molecule has 0 bridgehead atoms. The van der Waals surface area contributed by atoms with E-state index in [4.69, 9.17) is 11.6 Å². The van der Waals surface area contributed by atoms with Gasteiger partial charge < -0.3 is 15.5 Å². The Morgan fingerprint density at radius 3 is 2.95 bits per heavy atom. The van der Waals surface area contributed by atoms with Gasteiger partial charge in [0.2, 0.25) is 0 Å². The van der Waals surface area contributed by atoms with E-state index in [2.05, 4.69) is 17.6 Å². The summed E-state index contributed by atoms with van der Waals surface area (Å²) in [5, 5.41) is 7.00. The molecule has 1 aliphatic rings. The molecule has 6 heteroatoms. The Bertz CT molecular complexity index is 441. The quantitative estimate of drug-likeness (QED) is 0.663. The van der Waals surface area contributed by atoms with Crippen LogP contribution in [0.3, 0.4) is 0 Å². The molecule has 20 heavy (non-hydrogen) atoms. The lowest BCUT2D eigenvalue weighted by atomic mass is 10.2. The third kappa shape index (κ3) is 4.58. The smallest absolute Gasteiger partial charge is 0.317 e. The van der Waals surface area contributed by atoms with Crippen molar-refractivity contribution in [3.8, 4) is 0 Å². The summed E-state index contributed by atoms with van der Waals surface area (Å²) in [5.74, 6) is 0.855. The molecule has 2 N–H and O–H groups in total. The Kier molecular flexibility index (Phi) is 6.01. The molecule has 0 unspecified atom stereocenters. The fourth-order valence-electron chi connectivity index (χ4n) is 2.10. The van der Waals surface area contributed by atoms with E-state index in [9.17, 15) is 4.79 Å². The van der Waals surface area contributed by atoms with Crippen LogP contribution in [-0.4, -0.2) is 48.9 Å². The summed E-state index contributed by atoms with van der Waals surface area (Å²) in [6.07, 6.45) is 0. The van der Waals surface area contributed by atoms with Crippen molar-refractivity contribution in [3.05, 3.63) is 29.3 Å². The van der Waals surface area contributed by atoms with Crippen LogP contribution in [0.2, 0.25) is 5.02 Å². The van der Waals surface area contributed by atoms with Gasteiger partial charge in [-0.3, -0.25) is 0 Å². The minimum atomic E-state index is 0.0377. The molecule has 1 aromatic carbocycles. The summed E-state index contributed by atoms with van der Waals surface area (Å²) in [4.78, 5) is 15.1. The van der Waals surface area contributed by atoms with Gasteiger partial charge in [-0.25, -0.2) is 4.79 Å². The maximum absolute atomic E-state index is 12.0. The van der Waals surface area contributed by atoms with Crippen LogP contribution in [-0.2, 0) is 0 Å². The third-order valence-electron chi connectivity index (χ3n) is 3.22. The van der Waals surface area contributed by atoms with E-state index in [0.29, 0.717) is 6.54 Å². The molecule has 110 valence electrons. The van der Waals surface area contributed by atoms with Gasteiger partial charge >= 0.3 is 6.03 Å². The van der Waals surface area contributed by atoms with Gasteiger partial charge in [0.1, 0.15) is 0 Å². The average Bonchev–Trinajstić information content (AvgIpc) is 2.46. The van der Waals surface area contributed by atoms with Crippen LogP contribution in [0.15, 0.2) is 29.2 Å². The van der Waals surface area contributed by atoms with Gasteiger partial charge in [0.05, 0.1) is 0 Å². The van der Waals surface area contributed by atoms with Gasteiger partial charge in [-0.05, 0) is 31.2 Å². The van der Waals surface area contributed by atoms with E-state index >= 15 is 0 Å². The Morgan fingerprint density at radius 1 is 1.50 bits per heavy atom. The summed E-state index contributed by atoms with van der Waals surface area (Å²) in [5.41, 5.74) is 0. The number of hydrogen-bond acceptors (Lipinski definition) is 3. The van der Waals surface area contributed by atoms with Crippen LogP contribution < -0.4 is 10.6 Å². The van der Waals surface area contributed by atoms with Crippen LogP contribution in [0.25, 0.3) is 0 Å². The fraction of sp³-hybridized carbons (Fsp3) is 0.500. The molecule has 1 atom stereocenters. The molecule has 1 aromatic rings. The summed E-state index contributed by atoms with van der Waals surface area (Å²) >= 11 is 7.55. The van der Waals surface area contributed by atoms with Gasteiger partial charge in [-0.15, -0.1) is 11.8 Å². The molecule has 1 saturated heterocycles. The van der Waals surface area contributed by atoms with Crippen LogP contribution >= 0.6 is 23.4 Å². The van der Waals surface area contributed by atoms with Gasteiger partial charge in [0.25, 0.3) is 0 Å². The predicted octanol–water partition coefficient (Wildman–Crippen LogP) is 2.44. The first-order chi connectivity index (χ1) is 9.66. The average molecular weight is 314 g/mol. The van der Waals surface area contributed by atoms with Gasteiger partial charge in [-0.2, -0.15) is 0 Å². The molecule has 1 heterocycles. The molecule has 1 aliphatic heterocycles. The number of amides is 2. The number of urea groups is 1. The zero-order valence-corrected chi connectivity index (χ0v) is 13.1. The molecule has 0 spiro atoms. The molecular weight excluding hydrogens is 294 g/mol. The molecule has 1 fully saturated rings. The first-order valence-electron chi connectivity index (χ1n) is 6.80. The highest BCUT2D eigenvalue weighted by molar-refractivity contribution is 7.99. The van der Waals surface area contributed by atoms with Gasteiger partial charge in [0, 0.05) is 47.9 Å². The molecule has 0 aliphatic carbocycles. The number of carbonyl (C=O) groups excluding carboxylic acids is 1. The van der Waals surface area contributed by atoms with Crippen molar-refractivity contribution < 1.29 is 4.79 Å². The lowest BCUT2D eigenvalue weighted by molar-refractivity contribution is 0.165. The molecule has 4 nitrogen and oxygen atoms in total. The van der Waals surface area contributed by atoms with Crippen LogP contribution in [0.1, 0.15) is 6.92 Å². The monoisotopic (exact) mass is 313 g/mol. The summed E-state index contributed by atoms with van der Waals surface area (Å²) in [6, 6.07) is 8.04. The number of carbonyl (C=O) groups is 1. The SMILES string of the molecule is C[C@@H]1CNCCN1C(=O)NCCSc1ccc(Cl)cc1. The highest BCUT2D eigenvalue weighted by atomic mass is 35.5. The normalized spacial score (nSPS) is 18.9. The second-order valence-electron chi connectivity index (χ2n) is 4.78. The van der Waals surface area contributed by atoms with E-state index in [1.54, 1.807) is 11.8 Å². The molecule has 0 radical (unpaired) electrons. The molecule has 0 aromatic heterocycles. The lowest BCUT2D eigenvalue weighted by Crippen LogP contribution is -2.55. The largest absolute Gasteiger partial charge is 0.337 e.